The van der Waals surface area contributed by atoms with Gasteiger partial charge in [0.15, 0.2) is 5.13 Å². The number of nitrogens with zero attached hydrogens (tertiary/aromatic N) is 3. The summed E-state index contributed by atoms with van der Waals surface area (Å²) in [4.78, 5) is 6.58. The molecule has 1 aromatic carbocycles. The molecule has 0 unspecified atom stereocenters. The first-order valence-electron chi connectivity index (χ1n) is 5.40. The predicted molar refractivity (Wildman–Crippen MR) is 71.1 cm³/mol. The van der Waals surface area contributed by atoms with Gasteiger partial charge in [-0.15, -0.1) is 11.3 Å². The van der Waals surface area contributed by atoms with Gasteiger partial charge in [0.05, 0.1) is 18.2 Å². The Hall–Kier alpha value is -1.86. The maximum absolute atomic E-state index is 8.55. The van der Waals surface area contributed by atoms with E-state index in [1.165, 1.54) is 0 Å². The van der Waals surface area contributed by atoms with Gasteiger partial charge in [0.2, 0.25) is 0 Å². The van der Waals surface area contributed by atoms with Crippen LogP contribution in [0.5, 0.6) is 0 Å². The Morgan fingerprint density at radius 2 is 2.12 bits per heavy atom. The van der Waals surface area contributed by atoms with Gasteiger partial charge in [0.1, 0.15) is 0 Å². The summed E-state index contributed by atoms with van der Waals surface area (Å²) >= 11 is 1.61. The van der Waals surface area contributed by atoms with E-state index in [0.29, 0.717) is 6.42 Å². The largest absolute Gasteiger partial charge is 0.350 e. The zero-order chi connectivity index (χ0) is 12.1. The number of rotatable bonds is 4. The molecule has 0 amide bonds. The zero-order valence-corrected chi connectivity index (χ0v) is 10.4. The lowest BCUT2D eigenvalue weighted by atomic mass is 10.2. The molecule has 0 spiro atoms. The minimum absolute atomic E-state index is 0.525. The fourth-order valence-electron chi connectivity index (χ4n) is 1.49. The molecule has 0 aliphatic heterocycles. The summed E-state index contributed by atoms with van der Waals surface area (Å²) in [5.41, 5.74) is 2.12. The minimum Gasteiger partial charge on any atom is -0.350 e. The number of thiazole rings is 1. The number of hydrogen-bond donors (Lipinski definition) is 0. The average molecular weight is 243 g/mol. The summed E-state index contributed by atoms with van der Waals surface area (Å²) in [5.74, 6) is 0. The van der Waals surface area contributed by atoms with Crippen molar-refractivity contribution in [1.29, 1.82) is 5.26 Å². The number of nitriles is 1. The van der Waals surface area contributed by atoms with E-state index in [9.17, 15) is 0 Å². The number of aromatic nitrogens is 1. The zero-order valence-electron chi connectivity index (χ0n) is 9.63. The van der Waals surface area contributed by atoms with Gasteiger partial charge in [0.25, 0.3) is 0 Å². The SMILES string of the molecule is CN(CCC#N)c1nc(-c2ccccc2)cs1. The molecule has 0 bridgehead atoms. The lowest BCUT2D eigenvalue weighted by Crippen LogP contribution is -2.17. The van der Waals surface area contributed by atoms with E-state index in [2.05, 4.69) is 11.1 Å². The van der Waals surface area contributed by atoms with Gasteiger partial charge < -0.3 is 4.90 Å². The quantitative estimate of drug-likeness (QED) is 0.828. The van der Waals surface area contributed by atoms with E-state index >= 15 is 0 Å². The number of hydrogen-bond acceptors (Lipinski definition) is 4. The molecule has 1 heterocycles. The van der Waals surface area contributed by atoms with E-state index in [1.54, 1.807) is 11.3 Å². The van der Waals surface area contributed by atoms with E-state index < -0.39 is 0 Å². The van der Waals surface area contributed by atoms with Crippen LogP contribution in [0, 0.1) is 11.3 Å². The van der Waals surface area contributed by atoms with Crippen LogP contribution in [0.3, 0.4) is 0 Å². The molecule has 0 atom stereocenters. The Labute approximate surface area is 105 Å². The van der Waals surface area contributed by atoms with Gasteiger partial charge in [-0.1, -0.05) is 30.3 Å². The highest BCUT2D eigenvalue weighted by molar-refractivity contribution is 7.14. The Kier molecular flexibility index (Phi) is 3.73. The smallest absolute Gasteiger partial charge is 0.185 e. The highest BCUT2D eigenvalue weighted by atomic mass is 32.1. The van der Waals surface area contributed by atoms with Crippen molar-refractivity contribution in [2.24, 2.45) is 0 Å². The lowest BCUT2D eigenvalue weighted by Gasteiger charge is -2.12. The molecule has 0 aliphatic rings. The van der Waals surface area contributed by atoms with Crippen molar-refractivity contribution in [1.82, 2.24) is 4.98 Å². The Morgan fingerprint density at radius 3 is 2.82 bits per heavy atom. The first-order valence-corrected chi connectivity index (χ1v) is 6.28. The van der Waals surface area contributed by atoms with Crippen LogP contribution in [0.2, 0.25) is 0 Å². The van der Waals surface area contributed by atoms with Crippen molar-refractivity contribution in [2.75, 3.05) is 18.5 Å². The molecule has 0 saturated heterocycles. The maximum atomic E-state index is 8.55. The van der Waals surface area contributed by atoms with Crippen molar-refractivity contribution in [3.8, 4) is 17.3 Å². The lowest BCUT2D eigenvalue weighted by molar-refractivity contribution is 0.899. The van der Waals surface area contributed by atoms with Crippen LogP contribution < -0.4 is 4.90 Å². The van der Waals surface area contributed by atoms with Crippen LogP contribution >= 0.6 is 11.3 Å². The van der Waals surface area contributed by atoms with E-state index in [0.717, 1.165) is 22.9 Å². The van der Waals surface area contributed by atoms with Gasteiger partial charge in [-0.2, -0.15) is 5.26 Å². The predicted octanol–water partition coefficient (Wildman–Crippen LogP) is 3.16. The maximum Gasteiger partial charge on any atom is 0.185 e. The highest BCUT2D eigenvalue weighted by Crippen LogP contribution is 2.26. The molecule has 2 aromatic rings. The third-order valence-electron chi connectivity index (χ3n) is 2.45. The van der Waals surface area contributed by atoms with Crippen molar-refractivity contribution in [3.63, 3.8) is 0 Å². The molecule has 0 fully saturated rings. The first-order chi connectivity index (χ1) is 8.31. The molecule has 2 rings (SSSR count). The summed E-state index contributed by atoms with van der Waals surface area (Å²) in [6, 6.07) is 12.3. The topological polar surface area (TPSA) is 39.9 Å². The van der Waals surface area contributed by atoms with E-state index in [-0.39, 0.29) is 0 Å². The van der Waals surface area contributed by atoms with Crippen LogP contribution in [-0.4, -0.2) is 18.6 Å². The Bertz CT molecular complexity index is 513. The van der Waals surface area contributed by atoms with Crippen molar-refractivity contribution in [2.45, 2.75) is 6.42 Å². The Balaban J connectivity index is 2.14. The molecule has 0 saturated carbocycles. The van der Waals surface area contributed by atoms with E-state index in [1.807, 2.05) is 47.7 Å². The van der Waals surface area contributed by atoms with Gasteiger partial charge in [0, 0.05) is 24.5 Å². The second-order valence-corrected chi connectivity index (χ2v) is 4.55. The van der Waals surface area contributed by atoms with Crippen molar-refractivity contribution < 1.29 is 0 Å². The standard InChI is InChI=1S/C13H13N3S/c1-16(9-5-8-14)13-15-12(10-17-13)11-6-3-2-4-7-11/h2-4,6-7,10H,5,9H2,1H3. The van der Waals surface area contributed by atoms with Crippen LogP contribution in [0.25, 0.3) is 11.3 Å². The second-order valence-electron chi connectivity index (χ2n) is 3.71. The fraction of sp³-hybridized carbons (Fsp3) is 0.231. The van der Waals surface area contributed by atoms with Crippen LogP contribution in [0.4, 0.5) is 5.13 Å². The molecule has 0 radical (unpaired) electrons. The highest BCUT2D eigenvalue weighted by Gasteiger charge is 2.07. The summed E-state index contributed by atoms with van der Waals surface area (Å²) < 4.78 is 0. The molecule has 86 valence electrons. The molecule has 4 heteroatoms. The normalized spacial score (nSPS) is 9.88. The molecule has 1 aromatic heterocycles. The van der Waals surface area contributed by atoms with Gasteiger partial charge >= 0.3 is 0 Å². The molecule has 0 aliphatic carbocycles. The first kappa shape index (κ1) is 11.6. The summed E-state index contributed by atoms with van der Waals surface area (Å²) in [6.07, 6.45) is 0.525. The van der Waals surface area contributed by atoms with Gasteiger partial charge in [-0.05, 0) is 0 Å². The van der Waals surface area contributed by atoms with Crippen LogP contribution in [-0.2, 0) is 0 Å². The second kappa shape index (κ2) is 5.46. The third-order valence-corrected chi connectivity index (χ3v) is 3.40. The summed E-state index contributed by atoms with van der Waals surface area (Å²) in [6.45, 7) is 0.720. The minimum atomic E-state index is 0.525. The molecule has 3 nitrogen and oxygen atoms in total. The van der Waals surface area contributed by atoms with Gasteiger partial charge in [-0.3, -0.25) is 0 Å². The number of benzene rings is 1. The molecule has 0 N–H and O–H groups in total. The van der Waals surface area contributed by atoms with Crippen LogP contribution in [0.15, 0.2) is 35.7 Å². The van der Waals surface area contributed by atoms with Crippen molar-refractivity contribution in [3.05, 3.63) is 35.7 Å². The third kappa shape index (κ3) is 2.83. The number of anilines is 1. The monoisotopic (exact) mass is 243 g/mol. The average Bonchev–Trinajstić information content (AvgIpc) is 2.86. The molecular weight excluding hydrogens is 230 g/mol. The molecule has 17 heavy (non-hydrogen) atoms. The van der Waals surface area contributed by atoms with Crippen LogP contribution in [0.1, 0.15) is 6.42 Å². The summed E-state index contributed by atoms with van der Waals surface area (Å²) in [7, 11) is 1.96. The summed E-state index contributed by atoms with van der Waals surface area (Å²) in [5, 5.41) is 11.6. The molecular formula is C13H13N3S. The van der Waals surface area contributed by atoms with Crippen molar-refractivity contribution >= 4 is 16.5 Å². The van der Waals surface area contributed by atoms with E-state index in [4.69, 9.17) is 5.26 Å². The Morgan fingerprint density at radius 1 is 1.35 bits per heavy atom. The fourth-order valence-corrected chi connectivity index (χ4v) is 2.32. The van der Waals surface area contributed by atoms with Gasteiger partial charge in [-0.25, -0.2) is 4.98 Å².